The highest BCUT2D eigenvalue weighted by Gasteiger charge is 2.04. The Hall–Kier alpha value is -1.15. The molecular weight excluding hydrogens is 196 g/mol. The van der Waals surface area contributed by atoms with Gasteiger partial charge in [0.1, 0.15) is 11.0 Å². The average molecular weight is 207 g/mol. The van der Waals surface area contributed by atoms with Gasteiger partial charge in [-0.2, -0.15) is 0 Å². The van der Waals surface area contributed by atoms with Crippen LogP contribution in [-0.2, 0) is 6.42 Å². The third-order valence-corrected chi connectivity index (χ3v) is 2.46. The highest BCUT2D eigenvalue weighted by molar-refractivity contribution is 6.34. The molecule has 0 aliphatic rings. The average Bonchev–Trinajstić information content (AvgIpc) is 2.19. The van der Waals surface area contributed by atoms with Crippen LogP contribution >= 0.6 is 11.6 Å². The molecule has 2 aromatic rings. The molecule has 0 aliphatic carbocycles. The Morgan fingerprint density at radius 3 is 2.79 bits per heavy atom. The van der Waals surface area contributed by atoms with Crippen LogP contribution in [0, 0.1) is 6.92 Å². The lowest BCUT2D eigenvalue weighted by atomic mass is 10.2. The van der Waals surface area contributed by atoms with Crippen molar-refractivity contribution in [1.82, 2.24) is 9.97 Å². The van der Waals surface area contributed by atoms with Gasteiger partial charge in [-0.1, -0.05) is 30.2 Å². The molecule has 1 heterocycles. The van der Waals surface area contributed by atoms with Crippen LogP contribution in [0.5, 0.6) is 0 Å². The standard InChI is InChI=1S/C11H11ClN2/c1-3-10-13-9-5-4-7(2)6-8(9)11(12)14-10/h4-6H,3H2,1-2H3. The fourth-order valence-corrected chi connectivity index (χ4v) is 1.66. The van der Waals surface area contributed by atoms with Crippen molar-refractivity contribution >= 4 is 22.5 Å². The molecule has 3 heteroatoms. The number of rotatable bonds is 1. The molecule has 1 aromatic carbocycles. The van der Waals surface area contributed by atoms with Crippen molar-refractivity contribution in [1.29, 1.82) is 0 Å². The second kappa shape index (κ2) is 3.54. The Bertz CT molecular complexity index is 480. The molecule has 0 fully saturated rings. The molecular formula is C11H11ClN2. The van der Waals surface area contributed by atoms with Crippen molar-refractivity contribution in [2.24, 2.45) is 0 Å². The largest absolute Gasteiger partial charge is 0.233 e. The third-order valence-electron chi connectivity index (χ3n) is 2.17. The minimum atomic E-state index is 0.551. The SMILES string of the molecule is CCc1nc(Cl)c2cc(C)ccc2n1. The normalized spacial score (nSPS) is 10.8. The van der Waals surface area contributed by atoms with Crippen LogP contribution < -0.4 is 0 Å². The molecule has 0 spiro atoms. The fourth-order valence-electron chi connectivity index (χ4n) is 1.41. The summed E-state index contributed by atoms with van der Waals surface area (Å²) < 4.78 is 0. The molecule has 0 unspecified atom stereocenters. The van der Waals surface area contributed by atoms with E-state index in [2.05, 4.69) is 9.97 Å². The van der Waals surface area contributed by atoms with Gasteiger partial charge >= 0.3 is 0 Å². The number of benzene rings is 1. The first-order valence-electron chi connectivity index (χ1n) is 4.63. The van der Waals surface area contributed by atoms with Gasteiger partial charge in [-0.15, -0.1) is 0 Å². The number of fused-ring (bicyclic) bond motifs is 1. The number of halogens is 1. The van der Waals surface area contributed by atoms with Crippen LogP contribution in [0.15, 0.2) is 18.2 Å². The van der Waals surface area contributed by atoms with Gasteiger partial charge in [-0.05, 0) is 19.1 Å². The fraction of sp³-hybridized carbons (Fsp3) is 0.273. The molecule has 0 radical (unpaired) electrons. The zero-order valence-electron chi connectivity index (χ0n) is 8.21. The molecule has 2 rings (SSSR count). The van der Waals surface area contributed by atoms with Gasteiger partial charge in [0.25, 0.3) is 0 Å². The van der Waals surface area contributed by atoms with Crippen LogP contribution in [0.3, 0.4) is 0 Å². The first kappa shape index (κ1) is 9.41. The van der Waals surface area contributed by atoms with Gasteiger partial charge in [0.05, 0.1) is 5.52 Å². The van der Waals surface area contributed by atoms with Crippen LogP contribution in [0.1, 0.15) is 18.3 Å². The first-order valence-corrected chi connectivity index (χ1v) is 5.01. The van der Waals surface area contributed by atoms with E-state index in [1.165, 1.54) is 5.56 Å². The van der Waals surface area contributed by atoms with E-state index in [0.717, 1.165) is 23.1 Å². The van der Waals surface area contributed by atoms with Crippen molar-refractivity contribution in [2.45, 2.75) is 20.3 Å². The molecule has 14 heavy (non-hydrogen) atoms. The number of aromatic nitrogens is 2. The van der Waals surface area contributed by atoms with Crippen molar-refractivity contribution in [3.05, 3.63) is 34.7 Å². The van der Waals surface area contributed by atoms with E-state index < -0.39 is 0 Å². The topological polar surface area (TPSA) is 25.8 Å². The second-order valence-electron chi connectivity index (χ2n) is 3.30. The van der Waals surface area contributed by atoms with E-state index in [-0.39, 0.29) is 0 Å². The van der Waals surface area contributed by atoms with E-state index in [4.69, 9.17) is 11.6 Å². The van der Waals surface area contributed by atoms with Gasteiger partial charge in [0.15, 0.2) is 0 Å². The van der Waals surface area contributed by atoms with Gasteiger partial charge < -0.3 is 0 Å². The molecule has 2 nitrogen and oxygen atoms in total. The van der Waals surface area contributed by atoms with E-state index in [1.807, 2.05) is 32.0 Å². The Labute approximate surface area is 88.0 Å². The Kier molecular flexibility index (Phi) is 2.38. The van der Waals surface area contributed by atoms with E-state index >= 15 is 0 Å². The number of aryl methyl sites for hydroxylation is 2. The maximum Gasteiger partial charge on any atom is 0.140 e. The van der Waals surface area contributed by atoms with Crippen LogP contribution in [0.25, 0.3) is 10.9 Å². The van der Waals surface area contributed by atoms with Gasteiger partial charge in [0.2, 0.25) is 0 Å². The summed E-state index contributed by atoms with van der Waals surface area (Å²) >= 11 is 6.06. The molecule has 0 atom stereocenters. The van der Waals surface area contributed by atoms with Crippen LogP contribution in [0.2, 0.25) is 5.15 Å². The molecule has 0 bridgehead atoms. The number of nitrogens with zero attached hydrogens (tertiary/aromatic N) is 2. The summed E-state index contributed by atoms with van der Waals surface area (Å²) in [6.45, 7) is 4.05. The van der Waals surface area contributed by atoms with Crippen molar-refractivity contribution in [2.75, 3.05) is 0 Å². The number of hydrogen-bond donors (Lipinski definition) is 0. The van der Waals surface area contributed by atoms with Crippen LogP contribution in [0.4, 0.5) is 0 Å². The maximum atomic E-state index is 6.06. The quantitative estimate of drug-likeness (QED) is 0.670. The van der Waals surface area contributed by atoms with Crippen LogP contribution in [-0.4, -0.2) is 9.97 Å². The van der Waals surface area contributed by atoms with Gasteiger partial charge in [-0.25, -0.2) is 9.97 Å². The molecule has 0 N–H and O–H groups in total. The minimum Gasteiger partial charge on any atom is -0.233 e. The molecule has 0 aliphatic heterocycles. The molecule has 0 saturated carbocycles. The minimum absolute atomic E-state index is 0.551. The van der Waals surface area contributed by atoms with Gasteiger partial charge in [0, 0.05) is 11.8 Å². The Morgan fingerprint density at radius 1 is 1.29 bits per heavy atom. The zero-order valence-corrected chi connectivity index (χ0v) is 8.97. The van der Waals surface area contributed by atoms with E-state index in [9.17, 15) is 0 Å². The lowest BCUT2D eigenvalue weighted by molar-refractivity contribution is 0.961. The maximum absolute atomic E-state index is 6.06. The molecule has 72 valence electrons. The highest BCUT2D eigenvalue weighted by atomic mass is 35.5. The summed E-state index contributed by atoms with van der Waals surface area (Å²) in [5, 5.41) is 1.49. The summed E-state index contributed by atoms with van der Waals surface area (Å²) in [5.74, 6) is 0.798. The second-order valence-corrected chi connectivity index (χ2v) is 3.66. The lowest BCUT2D eigenvalue weighted by Crippen LogP contribution is -1.94. The molecule has 1 aromatic heterocycles. The predicted octanol–water partition coefficient (Wildman–Crippen LogP) is 3.15. The van der Waals surface area contributed by atoms with E-state index in [0.29, 0.717) is 5.15 Å². The Morgan fingerprint density at radius 2 is 2.07 bits per heavy atom. The third kappa shape index (κ3) is 1.58. The highest BCUT2D eigenvalue weighted by Crippen LogP contribution is 2.21. The summed E-state index contributed by atoms with van der Waals surface area (Å²) in [6.07, 6.45) is 0.809. The smallest absolute Gasteiger partial charge is 0.140 e. The summed E-state index contributed by atoms with van der Waals surface area (Å²) in [5.41, 5.74) is 2.10. The first-order chi connectivity index (χ1) is 6.70. The van der Waals surface area contributed by atoms with Crippen molar-refractivity contribution in [3.63, 3.8) is 0 Å². The molecule has 0 amide bonds. The predicted molar refractivity (Wildman–Crippen MR) is 58.7 cm³/mol. The van der Waals surface area contributed by atoms with Crippen molar-refractivity contribution < 1.29 is 0 Å². The van der Waals surface area contributed by atoms with Crippen molar-refractivity contribution in [3.8, 4) is 0 Å². The number of hydrogen-bond acceptors (Lipinski definition) is 2. The summed E-state index contributed by atoms with van der Waals surface area (Å²) in [6, 6.07) is 6.03. The Balaban J connectivity index is 2.76. The lowest BCUT2D eigenvalue weighted by Gasteiger charge is -2.03. The summed E-state index contributed by atoms with van der Waals surface area (Å²) in [7, 11) is 0. The summed E-state index contributed by atoms with van der Waals surface area (Å²) in [4.78, 5) is 8.62. The molecule has 0 saturated heterocycles. The monoisotopic (exact) mass is 206 g/mol. The zero-order chi connectivity index (χ0) is 10.1. The van der Waals surface area contributed by atoms with E-state index in [1.54, 1.807) is 0 Å². The van der Waals surface area contributed by atoms with Gasteiger partial charge in [-0.3, -0.25) is 0 Å².